The van der Waals surface area contributed by atoms with Gasteiger partial charge in [0.05, 0.1) is 5.54 Å². The SMILES string of the molecule is CCC(CC)CC(=O)C1(C)CCCCN1. The fourth-order valence-corrected chi connectivity index (χ4v) is 2.36. The molecule has 0 radical (unpaired) electrons. The zero-order valence-corrected chi connectivity index (χ0v) is 10.4. The fourth-order valence-electron chi connectivity index (χ4n) is 2.36. The van der Waals surface area contributed by atoms with Gasteiger partial charge in [-0.2, -0.15) is 0 Å². The maximum absolute atomic E-state index is 12.2. The first-order valence-corrected chi connectivity index (χ1v) is 6.40. The Labute approximate surface area is 93.8 Å². The second kappa shape index (κ2) is 5.64. The molecule has 1 fully saturated rings. The number of hydrogen-bond acceptors (Lipinski definition) is 2. The van der Waals surface area contributed by atoms with Crippen LogP contribution in [0.4, 0.5) is 0 Å². The molecule has 0 amide bonds. The van der Waals surface area contributed by atoms with Crippen molar-refractivity contribution in [3.63, 3.8) is 0 Å². The van der Waals surface area contributed by atoms with Crippen molar-refractivity contribution in [1.82, 2.24) is 5.32 Å². The van der Waals surface area contributed by atoms with Gasteiger partial charge in [-0.1, -0.05) is 26.7 Å². The van der Waals surface area contributed by atoms with E-state index in [2.05, 4.69) is 26.1 Å². The van der Waals surface area contributed by atoms with E-state index in [9.17, 15) is 4.79 Å². The molecular weight excluding hydrogens is 186 g/mol. The average molecular weight is 211 g/mol. The fraction of sp³-hybridized carbons (Fsp3) is 0.923. The molecule has 0 saturated carbocycles. The Balaban J connectivity index is 2.50. The quantitative estimate of drug-likeness (QED) is 0.757. The van der Waals surface area contributed by atoms with E-state index in [1.54, 1.807) is 0 Å². The van der Waals surface area contributed by atoms with Crippen molar-refractivity contribution in [3.05, 3.63) is 0 Å². The van der Waals surface area contributed by atoms with Crippen molar-refractivity contribution in [1.29, 1.82) is 0 Å². The Morgan fingerprint density at radius 3 is 2.47 bits per heavy atom. The normalized spacial score (nSPS) is 26.9. The Bertz CT molecular complexity index is 203. The molecule has 0 aromatic heterocycles. The molecule has 1 saturated heterocycles. The molecule has 1 N–H and O–H groups in total. The van der Waals surface area contributed by atoms with E-state index in [-0.39, 0.29) is 5.54 Å². The van der Waals surface area contributed by atoms with Crippen LogP contribution in [0.2, 0.25) is 0 Å². The van der Waals surface area contributed by atoms with Gasteiger partial charge in [-0.25, -0.2) is 0 Å². The highest BCUT2D eigenvalue weighted by atomic mass is 16.1. The summed E-state index contributed by atoms with van der Waals surface area (Å²) >= 11 is 0. The summed E-state index contributed by atoms with van der Waals surface area (Å²) in [4.78, 5) is 12.2. The average Bonchev–Trinajstić information content (AvgIpc) is 2.26. The molecule has 0 spiro atoms. The molecule has 2 nitrogen and oxygen atoms in total. The van der Waals surface area contributed by atoms with E-state index in [1.165, 1.54) is 12.8 Å². The summed E-state index contributed by atoms with van der Waals surface area (Å²) in [6, 6.07) is 0. The molecule has 0 aromatic rings. The minimum atomic E-state index is -0.221. The maximum atomic E-state index is 12.2. The van der Waals surface area contributed by atoms with E-state index >= 15 is 0 Å². The van der Waals surface area contributed by atoms with Crippen LogP contribution >= 0.6 is 0 Å². The summed E-state index contributed by atoms with van der Waals surface area (Å²) in [5.41, 5.74) is -0.221. The third-order valence-electron chi connectivity index (χ3n) is 3.86. The Morgan fingerprint density at radius 2 is 2.00 bits per heavy atom. The number of Topliss-reactive ketones (excluding diaryl/α,β-unsaturated/α-hetero) is 1. The topological polar surface area (TPSA) is 29.1 Å². The summed E-state index contributed by atoms with van der Waals surface area (Å²) in [5, 5.41) is 3.40. The lowest BCUT2D eigenvalue weighted by Crippen LogP contribution is -2.52. The van der Waals surface area contributed by atoms with Gasteiger partial charge in [0.15, 0.2) is 5.78 Å². The Morgan fingerprint density at radius 1 is 1.33 bits per heavy atom. The van der Waals surface area contributed by atoms with Gasteiger partial charge >= 0.3 is 0 Å². The summed E-state index contributed by atoms with van der Waals surface area (Å²) in [6.45, 7) is 7.44. The van der Waals surface area contributed by atoms with E-state index < -0.39 is 0 Å². The van der Waals surface area contributed by atoms with Gasteiger partial charge in [0, 0.05) is 6.42 Å². The van der Waals surface area contributed by atoms with Crippen LogP contribution in [0, 0.1) is 5.92 Å². The van der Waals surface area contributed by atoms with Gasteiger partial charge in [-0.15, -0.1) is 0 Å². The first-order valence-electron chi connectivity index (χ1n) is 6.40. The molecule has 2 heteroatoms. The Kier molecular flexibility index (Phi) is 4.78. The van der Waals surface area contributed by atoms with Crippen LogP contribution in [0.1, 0.15) is 59.3 Å². The van der Waals surface area contributed by atoms with Gasteiger partial charge in [0.1, 0.15) is 0 Å². The lowest BCUT2D eigenvalue weighted by atomic mass is 9.82. The highest BCUT2D eigenvalue weighted by Gasteiger charge is 2.34. The predicted molar refractivity (Wildman–Crippen MR) is 64.0 cm³/mol. The smallest absolute Gasteiger partial charge is 0.152 e. The summed E-state index contributed by atoms with van der Waals surface area (Å²) in [6.07, 6.45) is 6.44. The number of carbonyl (C=O) groups excluding carboxylic acids is 1. The van der Waals surface area contributed by atoms with Gasteiger partial charge in [-0.3, -0.25) is 4.79 Å². The van der Waals surface area contributed by atoms with Crippen molar-refractivity contribution >= 4 is 5.78 Å². The first kappa shape index (κ1) is 12.7. The van der Waals surface area contributed by atoms with Crippen LogP contribution in [0.25, 0.3) is 0 Å². The highest BCUT2D eigenvalue weighted by molar-refractivity contribution is 5.88. The summed E-state index contributed by atoms with van der Waals surface area (Å²) < 4.78 is 0. The minimum absolute atomic E-state index is 0.221. The van der Waals surface area contributed by atoms with Crippen molar-refractivity contribution < 1.29 is 4.79 Å². The lowest BCUT2D eigenvalue weighted by Gasteiger charge is -2.34. The third kappa shape index (κ3) is 3.30. The molecule has 0 aromatic carbocycles. The molecular formula is C13H25NO. The predicted octanol–water partition coefficient (Wildman–Crippen LogP) is 2.91. The number of nitrogens with one attached hydrogen (secondary N) is 1. The molecule has 0 bridgehead atoms. The zero-order chi connectivity index (χ0) is 11.3. The van der Waals surface area contributed by atoms with Crippen LogP contribution in [0.5, 0.6) is 0 Å². The van der Waals surface area contributed by atoms with E-state index in [0.717, 1.165) is 32.2 Å². The molecule has 15 heavy (non-hydrogen) atoms. The standard InChI is InChI=1S/C13H25NO/c1-4-11(5-2)10-12(15)13(3)8-6-7-9-14-13/h11,14H,4-10H2,1-3H3. The van der Waals surface area contributed by atoms with Crippen molar-refractivity contribution in [2.45, 2.75) is 64.8 Å². The molecule has 1 aliphatic heterocycles. The van der Waals surface area contributed by atoms with Gasteiger partial charge in [-0.05, 0) is 38.6 Å². The van der Waals surface area contributed by atoms with Gasteiger partial charge in [0.25, 0.3) is 0 Å². The highest BCUT2D eigenvalue weighted by Crippen LogP contribution is 2.24. The maximum Gasteiger partial charge on any atom is 0.152 e. The van der Waals surface area contributed by atoms with E-state index in [1.807, 2.05) is 0 Å². The largest absolute Gasteiger partial charge is 0.305 e. The van der Waals surface area contributed by atoms with Crippen molar-refractivity contribution in [2.75, 3.05) is 6.54 Å². The van der Waals surface area contributed by atoms with Crippen LogP contribution in [-0.2, 0) is 4.79 Å². The number of carbonyl (C=O) groups is 1. The number of ketones is 1. The number of piperidine rings is 1. The van der Waals surface area contributed by atoms with E-state index in [0.29, 0.717) is 11.7 Å². The third-order valence-corrected chi connectivity index (χ3v) is 3.86. The molecule has 1 aliphatic rings. The molecule has 1 heterocycles. The molecule has 0 aliphatic carbocycles. The molecule has 1 atom stereocenters. The van der Waals surface area contributed by atoms with Crippen LogP contribution in [0.15, 0.2) is 0 Å². The summed E-state index contributed by atoms with van der Waals surface area (Å²) in [7, 11) is 0. The van der Waals surface area contributed by atoms with E-state index in [4.69, 9.17) is 0 Å². The Hall–Kier alpha value is -0.370. The minimum Gasteiger partial charge on any atom is -0.305 e. The van der Waals surface area contributed by atoms with Crippen molar-refractivity contribution in [2.24, 2.45) is 5.92 Å². The monoisotopic (exact) mass is 211 g/mol. The second-order valence-electron chi connectivity index (χ2n) is 5.03. The summed E-state index contributed by atoms with van der Waals surface area (Å²) in [5.74, 6) is 1.01. The zero-order valence-electron chi connectivity index (χ0n) is 10.4. The number of rotatable bonds is 5. The van der Waals surface area contributed by atoms with Crippen LogP contribution in [0.3, 0.4) is 0 Å². The second-order valence-corrected chi connectivity index (χ2v) is 5.03. The number of hydrogen-bond donors (Lipinski definition) is 1. The molecule has 1 unspecified atom stereocenters. The van der Waals surface area contributed by atoms with Gasteiger partial charge < -0.3 is 5.32 Å². The first-order chi connectivity index (χ1) is 7.12. The van der Waals surface area contributed by atoms with Crippen molar-refractivity contribution in [3.8, 4) is 0 Å². The van der Waals surface area contributed by atoms with Gasteiger partial charge in [0.2, 0.25) is 0 Å². The van der Waals surface area contributed by atoms with Crippen LogP contribution in [-0.4, -0.2) is 17.9 Å². The molecule has 88 valence electrons. The van der Waals surface area contributed by atoms with Crippen LogP contribution < -0.4 is 5.32 Å². The molecule has 1 rings (SSSR count). The lowest BCUT2D eigenvalue weighted by molar-refractivity contribution is -0.126.